The molecule has 0 aliphatic rings. The summed E-state index contributed by atoms with van der Waals surface area (Å²) in [6.07, 6.45) is 3.12. The van der Waals surface area contributed by atoms with Crippen molar-refractivity contribution in [3.8, 4) is 0 Å². The van der Waals surface area contributed by atoms with E-state index in [1.165, 1.54) is 0 Å². The Morgan fingerprint density at radius 2 is 1.95 bits per heavy atom. The van der Waals surface area contributed by atoms with E-state index >= 15 is 0 Å². The molecule has 2 aromatic heterocycles. The van der Waals surface area contributed by atoms with Crippen molar-refractivity contribution in [2.24, 2.45) is 13.0 Å². The molecular weight excluding hydrogens is 272 g/mol. The summed E-state index contributed by atoms with van der Waals surface area (Å²) >= 11 is 6.13. The second-order valence-electron chi connectivity index (χ2n) is 5.74. The first kappa shape index (κ1) is 15.4. The maximum atomic E-state index is 6.13. The van der Waals surface area contributed by atoms with E-state index in [2.05, 4.69) is 37.4 Å². The van der Waals surface area contributed by atoms with Gasteiger partial charge in [0.15, 0.2) is 5.65 Å². The molecule has 1 atom stereocenters. The Hall–Kier alpha value is -1.03. The lowest BCUT2D eigenvalue weighted by Gasteiger charge is -2.23. The Morgan fingerprint density at radius 1 is 1.25 bits per heavy atom. The molecule has 0 bridgehead atoms. The van der Waals surface area contributed by atoms with Crippen LogP contribution in [0.25, 0.3) is 11.2 Å². The molecule has 0 amide bonds. The summed E-state index contributed by atoms with van der Waals surface area (Å²) in [6.45, 7) is 8.89. The van der Waals surface area contributed by atoms with E-state index in [0.717, 1.165) is 41.9 Å². The predicted octanol–water partition coefficient (Wildman–Crippen LogP) is 4.07. The highest BCUT2D eigenvalue weighted by Gasteiger charge is 2.24. The minimum atomic E-state index is 0.415. The summed E-state index contributed by atoms with van der Waals surface area (Å²) in [5, 5.41) is 4.64. The number of imidazole rings is 1. The third kappa shape index (κ3) is 2.46. The zero-order valence-corrected chi connectivity index (χ0v) is 13.9. The number of aromatic nitrogens is 4. The molecule has 2 heterocycles. The maximum absolute atomic E-state index is 6.13. The van der Waals surface area contributed by atoms with Gasteiger partial charge in [0.1, 0.15) is 11.3 Å². The minimum absolute atomic E-state index is 0.415. The lowest BCUT2D eigenvalue weighted by molar-refractivity contribution is 0.362. The van der Waals surface area contributed by atoms with Crippen molar-refractivity contribution >= 4 is 22.8 Å². The molecule has 0 saturated heterocycles. The summed E-state index contributed by atoms with van der Waals surface area (Å²) in [6, 6.07) is 0.415. The number of hydrogen-bond acceptors (Lipinski definition) is 2. The highest BCUT2D eigenvalue weighted by Crippen LogP contribution is 2.30. The van der Waals surface area contributed by atoms with Crippen LogP contribution in [0, 0.1) is 5.92 Å². The van der Waals surface area contributed by atoms with Crippen LogP contribution in [-0.2, 0) is 19.3 Å². The van der Waals surface area contributed by atoms with E-state index < -0.39 is 0 Å². The molecule has 1 unspecified atom stereocenters. The molecule has 0 fully saturated rings. The monoisotopic (exact) mass is 296 g/mol. The van der Waals surface area contributed by atoms with E-state index in [1.54, 1.807) is 0 Å². The van der Waals surface area contributed by atoms with Gasteiger partial charge < -0.3 is 4.57 Å². The minimum Gasteiger partial charge on any atom is -0.309 e. The maximum Gasteiger partial charge on any atom is 0.158 e. The van der Waals surface area contributed by atoms with E-state index in [-0.39, 0.29) is 0 Å². The average molecular weight is 297 g/mol. The highest BCUT2D eigenvalue weighted by molar-refractivity contribution is 6.16. The van der Waals surface area contributed by atoms with Gasteiger partial charge in [-0.1, -0.05) is 34.1 Å². The van der Waals surface area contributed by atoms with Gasteiger partial charge >= 0.3 is 0 Å². The predicted molar refractivity (Wildman–Crippen MR) is 84.2 cm³/mol. The van der Waals surface area contributed by atoms with Crippen LogP contribution in [0.2, 0.25) is 0 Å². The number of rotatable bonds is 6. The summed E-state index contributed by atoms with van der Waals surface area (Å²) in [7, 11) is 2.00. The van der Waals surface area contributed by atoms with E-state index in [4.69, 9.17) is 16.6 Å². The van der Waals surface area contributed by atoms with E-state index in [9.17, 15) is 0 Å². The fourth-order valence-electron chi connectivity index (χ4n) is 3.05. The molecule has 2 rings (SSSR count). The van der Waals surface area contributed by atoms with E-state index in [1.807, 2.05) is 11.7 Å². The Morgan fingerprint density at radius 3 is 2.45 bits per heavy atom. The summed E-state index contributed by atoms with van der Waals surface area (Å²) in [5.41, 5.74) is 3.24. The molecule has 0 radical (unpaired) electrons. The van der Waals surface area contributed by atoms with Crippen LogP contribution in [0.4, 0.5) is 0 Å². The van der Waals surface area contributed by atoms with Gasteiger partial charge in [0.05, 0.1) is 11.6 Å². The first-order valence-electron chi connectivity index (χ1n) is 7.53. The average Bonchev–Trinajstić information content (AvgIpc) is 2.90. The Balaban J connectivity index is 2.68. The number of fused-ring (bicyclic) bond motifs is 1. The first-order chi connectivity index (χ1) is 9.54. The third-order valence-corrected chi connectivity index (χ3v) is 4.17. The van der Waals surface area contributed by atoms with Crippen molar-refractivity contribution < 1.29 is 0 Å². The number of aryl methyl sites for hydroxylation is 2. The van der Waals surface area contributed by atoms with Gasteiger partial charge in [0.25, 0.3) is 0 Å². The van der Waals surface area contributed by atoms with E-state index in [0.29, 0.717) is 17.8 Å². The molecule has 0 aromatic carbocycles. The molecule has 4 nitrogen and oxygen atoms in total. The number of nitrogens with zero attached hydrogens (tertiary/aromatic N) is 4. The van der Waals surface area contributed by atoms with Gasteiger partial charge in [0, 0.05) is 13.1 Å². The largest absolute Gasteiger partial charge is 0.309 e. The lowest BCUT2D eigenvalue weighted by Crippen LogP contribution is -2.18. The van der Waals surface area contributed by atoms with Gasteiger partial charge in [-0.3, -0.25) is 4.68 Å². The molecule has 112 valence electrons. The van der Waals surface area contributed by atoms with Crippen molar-refractivity contribution in [1.29, 1.82) is 0 Å². The zero-order chi connectivity index (χ0) is 14.9. The SMILES string of the molecule is CCCc1nn(C)c2c1nc(CCl)n2C(CC)C(C)C. The second-order valence-corrected chi connectivity index (χ2v) is 6.01. The fraction of sp³-hybridized carbons (Fsp3) is 0.733. The molecule has 5 heteroatoms. The Kier molecular flexibility index (Phi) is 4.74. The van der Waals surface area contributed by atoms with Crippen LogP contribution in [0.15, 0.2) is 0 Å². The zero-order valence-electron chi connectivity index (χ0n) is 13.1. The summed E-state index contributed by atoms with van der Waals surface area (Å²) in [4.78, 5) is 4.77. The second kappa shape index (κ2) is 6.17. The lowest BCUT2D eigenvalue weighted by atomic mass is 10.0. The Bertz CT molecular complexity index is 582. The molecule has 0 aliphatic carbocycles. The van der Waals surface area contributed by atoms with Crippen molar-refractivity contribution in [2.45, 2.75) is 58.9 Å². The van der Waals surface area contributed by atoms with Crippen LogP contribution in [-0.4, -0.2) is 19.3 Å². The van der Waals surface area contributed by atoms with Crippen molar-refractivity contribution in [3.63, 3.8) is 0 Å². The fourth-order valence-corrected chi connectivity index (χ4v) is 3.24. The van der Waals surface area contributed by atoms with Crippen LogP contribution in [0.1, 0.15) is 58.1 Å². The molecule has 20 heavy (non-hydrogen) atoms. The Labute approximate surface area is 126 Å². The van der Waals surface area contributed by atoms with Gasteiger partial charge in [-0.05, 0) is 18.8 Å². The normalized spacial score (nSPS) is 13.6. The number of halogens is 1. The first-order valence-corrected chi connectivity index (χ1v) is 8.07. The topological polar surface area (TPSA) is 35.6 Å². The van der Waals surface area contributed by atoms with Crippen molar-refractivity contribution in [2.75, 3.05) is 0 Å². The van der Waals surface area contributed by atoms with Crippen LogP contribution in [0.5, 0.6) is 0 Å². The summed E-state index contributed by atoms with van der Waals surface area (Å²) < 4.78 is 4.27. The smallest absolute Gasteiger partial charge is 0.158 e. The van der Waals surface area contributed by atoms with Crippen LogP contribution in [0.3, 0.4) is 0 Å². The number of hydrogen-bond donors (Lipinski definition) is 0. The van der Waals surface area contributed by atoms with Crippen molar-refractivity contribution in [1.82, 2.24) is 19.3 Å². The molecule has 0 N–H and O–H groups in total. The molecular formula is C15H25ClN4. The van der Waals surface area contributed by atoms with Crippen LogP contribution < -0.4 is 0 Å². The van der Waals surface area contributed by atoms with Gasteiger partial charge in [-0.25, -0.2) is 4.98 Å². The van der Waals surface area contributed by atoms with Crippen molar-refractivity contribution in [3.05, 3.63) is 11.5 Å². The number of alkyl halides is 1. The summed E-state index contributed by atoms with van der Waals surface area (Å²) in [5.74, 6) is 1.96. The quantitative estimate of drug-likeness (QED) is 0.753. The van der Waals surface area contributed by atoms with Gasteiger partial charge in [0.2, 0.25) is 0 Å². The third-order valence-electron chi connectivity index (χ3n) is 3.94. The standard InChI is InChI=1S/C15H25ClN4/c1-6-8-11-14-15(19(5)18-11)20(13(9-16)17-14)12(7-2)10(3)4/h10,12H,6-9H2,1-5H3. The molecule has 0 spiro atoms. The van der Waals surface area contributed by atoms with Gasteiger partial charge in [-0.15, -0.1) is 11.6 Å². The molecule has 0 aliphatic heterocycles. The molecule has 2 aromatic rings. The highest BCUT2D eigenvalue weighted by atomic mass is 35.5. The van der Waals surface area contributed by atoms with Gasteiger partial charge in [-0.2, -0.15) is 5.10 Å². The molecule has 0 saturated carbocycles. The van der Waals surface area contributed by atoms with Crippen LogP contribution >= 0.6 is 11.6 Å².